The zero-order valence-electron chi connectivity index (χ0n) is 13.1. The van der Waals surface area contributed by atoms with Crippen molar-refractivity contribution in [2.75, 3.05) is 11.7 Å². The molecule has 0 saturated carbocycles. The first-order valence-corrected chi connectivity index (χ1v) is 9.19. The number of nitrogens with one attached hydrogen (secondary N) is 2. The molecule has 3 aromatic rings. The molecule has 0 atom stereocenters. The first-order chi connectivity index (χ1) is 11.1. The van der Waals surface area contributed by atoms with E-state index in [2.05, 4.69) is 34.9 Å². The summed E-state index contributed by atoms with van der Waals surface area (Å²) in [6.45, 7) is 4.12. The molecule has 1 aromatic heterocycles. The van der Waals surface area contributed by atoms with Crippen LogP contribution in [0.1, 0.15) is 21.5 Å². The summed E-state index contributed by atoms with van der Waals surface area (Å²) in [6.07, 6.45) is 2.01. The van der Waals surface area contributed by atoms with Crippen LogP contribution in [0.5, 0.6) is 0 Å². The standard InChI is InChI=1S/C17H17N3OS2/c1-10-8-11(2)15-14(9-10)23-17(18-15)20-19-16(21)12-4-6-13(22-3)7-5-12/h4-9H,1-3H3,(H,18,20)(H,19,21). The maximum absolute atomic E-state index is 12.2. The van der Waals surface area contributed by atoms with Gasteiger partial charge in [0, 0.05) is 10.5 Å². The molecule has 3 rings (SSSR count). The molecule has 0 radical (unpaired) electrons. The second kappa shape index (κ2) is 6.60. The van der Waals surface area contributed by atoms with Gasteiger partial charge in [0.15, 0.2) is 0 Å². The zero-order valence-corrected chi connectivity index (χ0v) is 14.8. The number of hydrogen-bond acceptors (Lipinski definition) is 5. The van der Waals surface area contributed by atoms with Crippen LogP contribution in [0.15, 0.2) is 41.3 Å². The summed E-state index contributed by atoms with van der Waals surface area (Å²) in [4.78, 5) is 17.8. The van der Waals surface area contributed by atoms with E-state index >= 15 is 0 Å². The largest absolute Gasteiger partial charge is 0.273 e. The minimum absolute atomic E-state index is 0.176. The fourth-order valence-corrected chi connectivity index (χ4v) is 3.75. The molecule has 0 bridgehead atoms. The molecule has 0 spiro atoms. The van der Waals surface area contributed by atoms with E-state index < -0.39 is 0 Å². The molecule has 0 aliphatic carbocycles. The van der Waals surface area contributed by atoms with Crippen LogP contribution < -0.4 is 10.9 Å². The maximum Gasteiger partial charge on any atom is 0.269 e. The van der Waals surface area contributed by atoms with Crippen molar-refractivity contribution >= 4 is 44.4 Å². The van der Waals surface area contributed by atoms with Gasteiger partial charge < -0.3 is 0 Å². The van der Waals surface area contributed by atoms with E-state index in [1.165, 1.54) is 16.9 Å². The van der Waals surface area contributed by atoms with Crippen molar-refractivity contribution in [2.45, 2.75) is 18.7 Å². The molecule has 23 heavy (non-hydrogen) atoms. The van der Waals surface area contributed by atoms with Crippen LogP contribution in [0.4, 0.5) is 5.13 Å². The number of aryl methyl sites for hydroxylation is 2. The van der Waals surface area contributed by atoms with E-state index in [4.69, 9.17) is 0 Å². The predicted octanol–water partition coefficient (Wildman–Crippen LogP) is 4.39. The van der Waals surface area contributed by atoms with Gasteiger partial charge in [0.2, 0.25) is 5.13 Å². The van der Waals surface area contributed by atoms with E-state index in [1.807, 2.05) is 37.4 Å². The Balaban J connectivity index is 1.72. The molecule has 118 valence electrons. The number of hydrogen-bond donors (Lipinski definition) is 2. The molecule has 0 aliphatic rings. The number of thiazole rings is 1. The Hall–Kier alpha value is -2.05. The molecule has 1 heterocycles. The van der Waals surface area contributed by atoms with Crippen LogP contribution in [0, 0.1) is 13.8 Å². The van der Waals surface area contributed by atoms with Crippen LogP contribution in [-0.4, -0.2) is 17.1 Å². The highest BCUT2D eigenvalue weighted by atomic mass is 32.2. The van der Waals surface area contributed by atoms with E-state index in [0.717, 1.165) is 20.7 Å². The van der Waals surface area contributed by atoms with Crippen molar-refractivity contribution in [2.24, 2.45) is 0 Å². The first kappa shape index (κ1) is 15.8. The molecule has 2 N–H and O–H groups in total. The highest BCUT2D eigenvalue weighted by molar-refractivity contribution is 7.98. The highest BCUT2D eigenvalue weighted by Crippen LogP contribution is 2.28. The monoisotopic (exact) mass is 343 g/mol. The van der Waals surface area contributed by atoms with Crippen molar-refractivity contribution in [1.29, 1.82) is 0 Å². The number of benzene rings is 2. The lowest BCUT2D eigenvalue weighted by Gasteiger charge is -2.05. The van der Waals surface area contributed by atoms with E-state index in [-0.39, 0.29) is 5.91 Å². The molecule has 6 heteroatoms. The van der Waals surface area contributed by atoms with Gasteiger partial charge in [-0.3, -0.25) is 15.6 Å². The summed E-state index contributed by atoms with van der Waals surface area (Å²) >= 11 is 3.18. The number of hydrazine groups is 1. The number of nitrogens with zero attached hydrogens (tertiary/aromatic N) is 1. The molecule has 0 saturated heterocycles. The number of carbonyl (C=O) groups excluding carboxylic acids is 1. The number of anilines is 1. The third-order valence-corrected chi connectivity index (χ3v) is 5.13. The Bertz CT molecular complexity index is 856. The van der Waals surface area contributed by atoms with Gasteiger partial charge in [0.05, 0.1) is 10.2 Å². The predicted molar refractivity (Wildman–Crippen MR) is 98.4 cm³/mol. The summed E-state index contributed by atoms with van der Waals surface area (Å²) < 4.78 is 1.11. The van der Waals surface area contributed by atoms with E-state index in [1.54, 1.807) is 11.8 Å². The van der Waals surface area contributed by atoms with Gasteiger partial charge in [-0.25, -0.2) is 4.98 Å². The van der Waals surface area contributed by atoms with Gasteiger partial charge in [-0.2, -0.15) is 0 Å². The van der Waals surface area contributed by atoms with Crippen molar-refractivity contribution in [3.8, 4) is 0 Å². The SMILES string of the molecule is CSc1ccc(C(=O)NNc2nc3c(C)cc(C)cc3s2)cc1. The number of fused-ring (bicyclic) bond motifs is 1. The second-order valence-electron chi connectivity index (χ2n) is 5.26. The minimum Gasteiger partial charge on any atom is -0.273 e. The fourth-order valence-electron chi connectivity index (χ4n) is 2.35. The summed E-state index contributed by atoms with van der Waals surface area (Å²) in [7, 11) is 0. The molecule has 0 aliphatic heterocycles. The van der Waals surface area contributed by atoms with Crippen molar-refractivity contribution in [3.05, 3.63) is 53.1 Å². The first-order valence-electron chi connectivity index (χ1n) is 7.15. The summed E-state index contributed by atoms with van der Waals surface area (Å²) in [5.74, 6) is -0.176. The highest BCUT2D eigenvalue weighted by Gasteiger charge is 2.09. The van der Waals surface area contributed by atoms with Gasteiger partial charge in [0.1, 0.15) is 0 Å². The second-order valence-corrected chi connectivity index (χ2v) is 7.17. The molecule has 0 unspecified atom stereocenters. The Morgan fingerprint density at radius 2 is 1.91 bits per heavy atom. The Morgan fingerprint density at radius 3 is 2.61 bits per heavy atom. The van der Waals surface area contributed by atoms with Crippen LogP contribution in [-0.2, 0) is 0 Å². The zero-order chi connectivity index (χ0) is 16.4. The van der Waals surface area contributed by atoms with Crippen LogP contribution >= 0.6 is 23.1 Å². The Kier molecular flexibility index (Phi) is 4.54. The molecule has 0 fully saturated rings. The van der Waals surface area contributed by atoms with Gasteiger partial charge in [-0.1, -0.05) is 17.4 Å². The normalized spacial score (nSPS) is 10.7. The fraction of sp³-hybridized carbons (Fsp3) is 0.176. The number of thioether (sulfide) groups is 1. The van der Waals surface area contributed by atoms with E-state index in [9.17, 15) is 4.79 Å². The number of carbonyl (C=O) groups is 1. The molecular weight excluding hydrogens is 326 g/mol. The lowest BCUT2D eigenvalue weighted by molar-refractivity contribution is 0.0962. The van der Waals surface area contributed by atoms with Crippen LogP contribution in [0.25, 0.3) is 10.2 Å². The van der Waals surface area contributed by atoms with Gasteiger partial charge in [0.25, 0.3) is 5.91 Å². The Labute approximate surface area is 143 Å². The lowest BCUT2D eigenvalue weighted by Crippen LogP contribution is -2.29. The third-order valence-electron chi connectivity index (χ3n) is 3.47. The molecule has 1 amide bonds. The third kappa shape index (κ3) is 3.48. The molecule has 2 aromatic carbocycles. The van der Waals surface area contributed by atoms with Crippen molar-refractivity contribution < 1.29 is 4.79 Å². The minimum atomic E-state index is -0.176. The lowest BCUT2D eigenvalue weighted by atomic mass is 10.1. The van der Waals surface area contributed by atoms with Crippen molar-refractivity contribution in [1.82, 2.24) is 10.4 Å². The summed E-state index contributed by atoms with van der Waals surface area (Å²) in [6, 6.07) is 11.7. The number of rotatable bonds is 4. The average molecular weight is 343 g/mol. The number of aromatic nitrogens is 1. The average Bonchev–Trinajstić information content (AvgIpc) is 2.96. The van der Waals surface area contributed by atoms with Gasteiger partial charge in [-0.05, 0) is 61.6 Å². The maximum atomic E-state index is 12.2. The van der Waals surface area contributed by atoms with E-state index in [0.29, 0.717) is 10.7 Å². The number of amides is 1. The van der Waals surface area contributed by atoms with Crippen LogP contribution in [0.2, 0.25) is 0 Å². The van der Waals surface area contributed by atoms with Crippen LogP contribution in [0.3, 0.4) is 0 Å². The van der Waals surface area contributed by atoms with Gasteiger partial charge >= 0.3 is 0 Å². The summed E-state index contributed by atoms with van der Waals surface area (Å²) in [5.41, 5.74) is 9.55. The van der Waals surface area contributed by atoms with Gasteiger partial charge in [-0.15, -0.1) is 11.8 Å². The topological polar surface area (TPSA) is 54.0 Å². The summed E-state index contributed by atoms with van der Waals surface area (Å²) in [5, 5.41) is 0.683. The van der Waals surface area contributed by atoms with Crippen molar-refractivity contribution in [3.63, 3.8) is 0 Å². The Morgan fingerprint density at radius 1 is 1.17 bits per heavy atom. The molecular formula is C17H17N3OS2. The quantitative estimate of drug-likeness (QED) is 0.545. The molecule has 4 nitrogen and oxygen atoms in total. The smallest absolute Gasteiger partial charge is 0.269 e.